The first-order valence-corrected chi connectivity index (χ1v) is 9.37. The molecule has 2 heterocycles. The number of hydrogen-bond acceptors (Lipinski definition) is 4. The van der Waals surface area contributed by atoms with Gasteiger partial charge in [0.05, 0.1) is 0 Å². The van der Waals surface area contributed by atoms with Crippen molar-refractivity contribution in [1.82, 2.24) is 9.80 Å². The average Bonchev–Trinajstić information content (AvgIpc) is 3.04. The van der Waals surface area contributed by atoms with E-state index in [4.69, 9.17) is 4.74 Å². The smallest absolute Gasteiger partial charge is 0.417 e. The Labute approximate surface area is 157 Å². The molecular weight excluding hydrogens is 344 g/mol. The Bertz CT molecular complexity index is 865. The molecule has 2 aromatic carbocycles. The van der Waals surface area contributed by atoms with Gasteiger partial charge in [0.25, 0.3) is 5.91 Å². The van der Waals surface area contributed by atoms with Crippen molar-refractivity contribution in [3.8, 4) is 0 Å². The van der Waals surface area contributed by atoms with E-state index in [-0.39, 0.29) is 24.5 Å². The second-order valence-electron chi connectivity index (χ2n) is 7.07. The highest BCUT2D eigenvalue weighted by Crippen LogP contribution is 2.23. The highest BCUT2D eigenvalue weighted by atomic mass is 16.6. The van der Waals surface area contributed by atoms with Crippen LogP contribution in [0.15, 0.2) is 42.5 Å². The Morgan fingerprint density at radius 3 is 2.52 bits per heavy atom. The number of piperidine rings is 1. The molecule has 0 aliphatic carbocycles. The second-order valence-corrected chi connectivity index (χ2v) is 7.07. The highest BCUT2D eigenvalue weighted by molar-refractivity contribution is 5.98. The maximum atomic E-state index is 12.6. The van der Waals surface area contributed by atoms with E-state index in [2.05, 4.69) is 24.3 Å². The zero-order valence-electron chi connectivity index (χ0n) is 15.1. The van der Waals surface area contributed by atoms with Crippen LogP contribution in [0.1, 0.15) is 24.8 Å². The molecule has 3 amide bonds. The third kappa shape index (κ3) is 3.52. The van der Waals surface area contributed by atoms with Gasteiger partial charge in [0.2, 0.25) is 5.91 Å². The fourth-order valence-corrected chi connectivity index (χ4v) is 4.00. The van der Waals surface area contributed by atoms with Crippen molar-refractivity contribution in [3.63, 3.8) is 0 Å². The first-order chi connectivity index (χ1) is 13.1. The van der Waals surface area contributed by atoms with Crippen molar-refractivity contribution >= 4 is 28.7 Å². The van der Waals surface area contributed by atoms with Gasteiger partial charge in [-0.1, -0.05) is 42.5 Å². The molecule has 140 valence electrons. The maximum Gasteiger partial charge on any atom is 0.417 e. The monoisotopic (exact) mass is 366 g/mol. The Morgan fingerprint density at radius 1 is 1.04 bits per heavy atom. The van der Waals surface area contributed by atoms with Gasteiger partial charge >= 0.3 is 6.09 Å². The summed E-state index contributed by atoms with van der Waals surface area (Å²) in [6, 6.07) is 14.2. The van der Waals surface area contributed by atoms with Crippen molar-refractivity contribution in [2.24, 2.45) is 0 Å². The zero-order valence-corrected chi connectivity index (χ0v) is 15.1. The lowest BCUT2D eigenvalue weighted by atomic mass is 9.99. The topological polar surface area (TPSA) is 66.9 Å². The predicted molar refractivity (Wildman–Crippen MR) is 100 cm³/mol. The molecule has 6 nitrogen and oxygen atoms in total. The van der Waals surface area contributed by atoms with Crippen LogP contribution >= 0.6 is 0 Å². The fourth-order valence-electron chi connectivity index (χ4n) is 4.00. The van der Waals surface area contributed by atoms with Crippen LogP contribution in [0.25, 0.3) is 10.8 Å². The first-order valence-electron chi connectivity index (χ1n) is 9.37. The molecular formula is C21H22N2O4. The molecule has 2 saturated heterocycles. The number of amides is 3. The van der Waals surface area contributed by atoms with Crippen LogP contribution in [0, 0.1) is 0 Å². The molecule has 0 unspecified atom stereocenters. The van der Waals surface area contributed by atoms with Crippen molar-refractivity contribution in [2.75, 3.05) is 19.7 Å². The van der Waals surface area contributed by atoms with E-state index < -0.39 is 6.09 Å². The number of nitrogens with zero attached hydrogens (tertiary/aromatic N) is 2. The number of imide groups is 1. The minimum absolute atomic E-state index is 0.122. The van der Waals surface area contributed by atoms with E-state index in [0.29, 0.717) is 38.8 Å². The maximum absolute atomic E-state index is 12.6. The van der Waals surface area contributed by atoms with Crippen LogP contribution in [-0.4, -0.2) is 53.4 Å². The lowest BCUT2D eigenvalue weighted by Gasteiger charge is -2.34. The Morgan fingerprint density at radius 2 is 1.78 bits per heavy atom. The molecule has 2 aliphatic rings. The summed E-state index contributed by atoms with van der Waals surface area (Å²) < 4.78 is 4.78. The van der Waals surface area contributed by atoms with E-state index in [1.54, 1.807) is 0 Å². The van der Waals surface area contributed by atoms with E-state index in [9.17, 15) is 14.4 Å². The van der Waals surface area contributed by atoms with Gasteiger partial charge in [-0.3, -0.25) is 9.59 Å². The number of cyclic esters (lactones) is 1. The summed E-state index contributed by atoms with van der Waals surface area (Å²) in [5.74, 6) is -0.155. The van der Waals surface area contributed by atoms with Gasteiger partial charge in [-0.05, 0) is 35.6 Å². The number of carbonyl (C=O) groups excluding carboxylic acids is 3. The summed E-state index contributed by atoms with van der Waals surface area (Å²) in [6.45, 7) is 0.967. The van der Waals surface area contributed by atoms with Crippen LogP contribution in [0.3, 0.4) is 0 Å². The lowest BCUT2D eigenvalue weighted by Crippen LogP contribution is -2.48. The summed E-state index contributed by atoms with van der Waals surface area (Å²) in [5, 5.41) is 2.38. The van der Waals surface area contributed by atoms with Crippen molar-refractivity contribution in [3.05, 3.63) is 48.0 Å². The normalized spacial score (nSPS) is 18.2. The quantitative estimate of drug-likeness (QED) is 0.834. The van der Waals surface area contributed by atoms with Gasteiger partial charge in [0.1, 0.15) is 0 Å². The average molecular weight is 366 g/mol. The second kappa shape index (κ2) is 7.39. The van der Waals surface area contributed by atoms with Gasteiger partial charge < -0.3 is 9.64 Å². The number of hydrogen-bond donors (Lipinski definition) is 0. The Balaban J connectivity index is 1.33. The van der Waals surface area contributed by atoms with Crippen LogP contribution < -0.4 is 0 Å². The van der Waals surface area contributed by atoms with Crippen molar-refractivity contribution in [1.29, 1.82) is 0 Å². The summed E-state index contributed by atoms with van der Waals surface area (Å²) in [7, 11) is 0. The molecule has 0 bridgehead atoms. The van der Waals surface area contributed by atoms with E-state index in [1.807, 2.05) is 23.1 Å². The molecule has 0 saturated carbocycles. The third-order valence-electron chi connectivity index (χ3n) is 5.45. The highest BCUT2D eigenvalue weighted by Gasteiger charge is 2.38. The first kappa shape index (κ1) is 17.5. The third-order valence-corrected chi connectivity index (χ3v) is 5.45. The molecule has 27 heavy (non-hydrogen) atoms. The molecule has 2 aromatic rings. The fraction of sp³-hybridized carbons (Fsp3) is 0.381. The minimum atomic E-state index is -0.555. The summed E-state index contributed by atoms with van der Waals surface area (Å²) >= 11 is 0. The van der Waals surface area contributed by atoms with Gasteiger partial charge in [0.15, 0.2) is 6.61 Å². The van der Waals surface area contributed by atoms with Crippen LogP contribution in [-0.2, 0) is 20.7 Å². The predicted octanol–water partition coefficient (Wildman–Crippen LogP) is 2.74. The molecule has 4 rings (SSSR count). The SMILES string of the molecule is O=C(CCc1cccc2ccccc12)N1CCC(N2C(=O)COC2=O)CC1. The number of rotatable bonds is 4. The van der Waals surface area contributed by atoms with Gasteiger partial charge in [-0.15, -0.1) is 0 Å². The summed E-state index contributed by atoms with van der Waals surface area (Å²) in [6.07, 6.45) is 1.84. The van der Waals surface area contributed by atoms with Gasteiger partial charge in [0, 0.05) is 25.6 Å². The lowest BCUT2D eigenvalue weighted by molar-refractivity contribution is -0.133. The van der Waals surface area contributed by atoms with Gasteiger partial charge in [-0.25, -0.2) is 9.69 Å². The molecule has 0 radical (unpaired) electrons. The number of likely N-dealkylation sites (tertiary alicyclic amines) is 1. The van der Waals surface area contributed by atoms with Crippen LogP contribution in [0.2, 0.25) is 0 Å². The van der Waals surface area contributed by atoms with Crippen LogP contribution in [0.4, 0.5) is 4.79 Å². The molecule has 6 heteroatoms. The molecule has 0 atom stereocenters. The van der Waals surface area contributed by atoms with Crippen LogP contribution in [0.5, 0.6) is 0 Å². The van der Waals surface area contributed by atoms with E-state index in [1.165, 1.54) is 21.2 Å². The van der Waals surface area contributed by atoms with Crippen molar-refractivity contribution < 1.29 is 19.1 Å². The van der Waals surface area contributed by atoms with Gasteiger partial charge in [-0.2, -0.15) is 0 Å². The summed E-state index contributed by atoms with van der Waals surface area (Å²) in [4.78, 5) is 39.1. The van der Waals surface area contributed by atoms with Crippen molar-refractivity contribution in [2.45, 2.75) is 31.7 Å². The molecule has 0 aromatic heterocycles. The van der Waals surface area contributed by atoms with E-state index >= 15 is 0 Å². The zero-order chi connectivity index (χ0) is 18.8. The number of carbonyl (C=O) groups is 3. The standard InChI is InChI=1S/C21H22N2O4/c24-19(9-8-16-6-3-5-15-4-1-2-7-18(15)16)22-12-10-17(11-13-22)23-20(25)14-27-21(23)26/h1-7,17H,8-14H2. The summed E-state index contributed by atoms with van der Waals surface area (Å²) in [5.41, 5.74) is 1.18. The van der Waals surface area contributed by atoms with E-state index in [0.717, 1.165) is 0 Å². The molecule has 2 aliphatic heterocycles. The minimum Gasteiger partial charge on any atom is -0.439 e. The Kier molecular flexibility index (Phi) is 4.79. The number of ether oxygens (including phenoxy) is 1. The number of aryl methyl sites for hydroxylation is 1. The molecule has 0 spiro atoms. The number of benzene rings is 2. The largest absolute Gasteiger partial charge is 0.439 e. The Hall–Kier alpha value is -2.89. The number of fused-ring (bicyclic) bond motifs is 1. The molecule has 0 N–H and O–H groups in total. The molecule has 2 fully saturated rings.